The summed E-state index contributed by atoms with van der Waals surface area (Å²) in [7, 11) is 2.13. The third-order valence-corrected chi connectivity index (χ3v) is 4.81. The van der Waals surface area contributed by atoms with Gasteiger partial charge in [0.25, 0.3) is 5.91 Å². The maximum Gasteiger partial charge on any atom is 0.252 e. The Labute approximate surface area is 148 Å². The Morgan fingerprint density at radius 3 is 2.71 bits per heavy atom. The summed E-state index contributed by atoms with van der Waals surface area (Å²) in [5.41, 5.74) is 0.450. The van der Waals surface area contributed by atoms with Gasteiger partial charge in [0.2, 0.25) is 5.91 Å². The molecule has 0 aromatic heterocycles. The second kappa shape index (κ2) is 9.64. The largest absolute Gasteiger partial charge is 0.354 e. The highest BCUT2D eigenvalue weighted by Crippen LogP contribution is 2.18. The monoisotopic (exact) mass is 351 g/mol. The van der Waals surface area contributed by atoms with Gasteiger partial charge in [-0.2, -0.15) is 0 Å². The van der Waals surface area contributed by atoms with E-state index in [-0.39, 0.29) is 11.8 Å². The molecule has 0 saturated carbocycles. The van der Waals surface area contributed by atoms with Gasteiger partial charge in [0.05, 0.1) is 10.6 Å². The highest BCUT2D eigenvalue weighted by molar-refractivity contribution is 6.33. The molecule has 132 valence electrons. The van der Waals surface area contributed by atoms with Crippen LogP contribution in [0.15, 0.2) is 24.3 Å². The summed E-state index contributed by atoms with van der Waals surface area (Å²) < 4.78 is 0. The number of piperidine rings is 1. The van der Waals surface area contributed by atoms with Crippen molar-refractivity contribution in [2.24, 2.45) is 0 Å². The van der Waals surface area contributed by atoms with E-state index in [1.165, 1.54) is 19.3 Å². The van der Waals surface area contributed by atoms with Crippen LogP contribution in [0, 0.1) is 0 Å². The van der Waals surface area contributed by atoms with Gasteiger partial charge in [-0.15, -0.1) is 0 Å². The van der Waals surface area contributed by atoms with Gasteiger partial charge in [0.15, 0.2) is 0 Å². The molecule has 0 aliphatic carbocycles. The fourth-order valence-electron chi connectivity index (χ4n) is 3.01. The number of benzene rings is 1. The van der Waals surface area contributed by atoms with Gasteiger partial charge in [-0.1, -0.05) is 30.2 Å². The standard InChI is InChI=1S/C18H26ClN3O2/c1-22-13-5-4-6-14(22)9-10-17(23)20-11-12-21-18(24)15-7-2-3-8-16(15)19/h2-3,7-8,14H,4-6,9-13H2,1H3,(H,20,23)(H,21,24)/t14-/m1/s1. The normalized spacial score (nSPS) is 18.2. The number of hydrogen-bond donors (Lipinski definition) is 2. The van der Waals surface area contributed by atoms with Crippen LogP contribution in [-0.4, -0.2) is 49.4 Å². The second-order valence-corrected chi connectivity index (χ2v) is 6.66. The van der Waals surface area contributed by atoms with Gasteiger partial charge in [-0.25, -0.2) is 0 Å². The van der Waals surface area contributed by atoms with Gasteiger partial charge in [0, 0.05) is 25.6 Å². The first-order chi connectivity index (χ1) is 11.6. The lowest BCUT2D eigenvalue weighted by molar-refractivity contribution is -0.121. The quantitative estimate of drug-likeness (QED) is 0.742. The third-order valence-electron chi connectivity index (χ3n) is 4.48. The summed E-state index contributed by atoms with van der Waals surface area (Å²) in [6.45, 7) is 1.94. The lowest BCUT2D eigenvalue weighted by Gasteiger charge is -2.32. The average molecular weight is 352 g/mol. The molecule has 1 fully saturated rings. The molecule has 1 aromatic carbocycles. The molecular formula is C18H26ClN3O2. The van der Waals surface area contributed by atoms with E-state index < -0.39 is 0 Å². The van der Waals surface area contributed by atoms with Crippen LogP contribution in [0.4, 0.5) is 0 Å². The van der Waals surface area contributed by atoms with Crippen molar-refractivity contribution in [3.05, 3.63) is 34.9 Å². The van der Waals surface area contributed by atoms with Crippen LogP contribution >= 0.6 is 11.6 Å². The first kappa shape index (κ1) is 18.7. The molecule has 24 heavy (non-hydrogen) atoms. The number of nitrogens with one attached hydrogen (secondary N) is 2. The van der Waals surface area contributed by atoms with Crippen LogP contribution in [0.2, 0.25) is 5.02 Å². The number of carbonyl (C=O) groups is 2. The van der Waals surface area contributed by atoms with Crippen molar-refractivity contribution in [2.75, 3.05) is 26.7 Å². The van der Waals surface area contributed by atoms with E-state index in [0.29, 0.717) is 36.1 Å². The zero-order valence-corrected chi connectivity index (χ0v) is 14.9. The molecule has 0 spiro atoms. The van der Waals surface area contributed by atoms with Gasteiger partial charge in [0.1, 0.15) is 0 Å². The molecule has 2 N–H and O–H groups in total. The number of carbonyl (C=O) groups excluding carboxylic acids is 2. The molecule has 1 aliphatic rings. The van der Waals surface area contributed by atoms with E-state index >= 15 is 0 Å². The minimum atomic E-state index is -0.223. The summed E-state index contributed by atoms with van der Waals surface area (Å²) in [6.07, 6.45) is 5.12. The predicted molar refractivity (Wildman–Crippen MR) is 96.3 cm³/mol. The number of amides is 2. The summed E-state index contributed by atoms with van der Waals surface area (Å²) in [5, 5.41) is 6.04. The molecule has 1 aliphatic heterocycles. The first-order valence-corrected chi connectivity index (χ1v) is 8.95. The zero-order valence-electron chi connectivity index (χ0n) is 14.2. The maximum atomic E-state index is 12.0. The van der Waals surface area contributed by atoms with Crippen molar-refractivity contribution in [3.63, 3.8) is 0 Å². The Balaban J connectivity index is 1.61. The molecule has 5 nitrogen and oxygen atoms in total. The molecule has 0 unspecified atom stereocenters. The SMILES string of the molecule is CN1CCCC[C@@H]1CCC(=O)NCCNC(=O)c1ccccc1Cl. The molecule has 0 bridgehead atoms. The molecule has 2 amide bonds. The Morgan fingerprint density at radius 2 is 1.96 bits per heavy atom. The van der Waals surface area contributed by atoms with E-state index in [1.807, 2.05) is 0 Å². The van der Waals surface area contributed by atoms with Crippen LogP contribution in [0.5, 0.6) is 0 Å². The van der Waals surface area contributed by atoms with Crippen molar-refractivity contribution >= 4 is 23.4 Å². The lowest BCUT2D eigenvalue weighted by Crippen LogP contribution is -2.38. The summed E-state index contributed by atoms with van der Waals surface area (Å²) in [4.78, 5) is 26.2. The summed E-state index contributed by atoms with van der Waals surface area (Å²) in [6, 6.07) is 7.43. The van der Waals surface area contributed by atoms with Crippen molar-refractivity contribution in [1.29, 1.82) is 0 Å². The van der Waals surface area contributed by atoms with E-state index in [0.717, 1.165) is 13.0 Å². The molecule has 1 aromatic rings. The second-order valence-electron chi connectivity index (χ2n) is 6.25. The van der Waals surface area contributed by atoms with Gasteiger partial charge in [-0.05, 0) is 45.0 Å². The van der Waals surface area contributed by atoms with Crippen molar-refractivity contribution < 1.29 is 9.59 Å². The topological polar surface area (TPSA) is 61.4 Å². The molecule has 1 atom stereocenters. The van der Waals surface area contributed by atoms with E-state index in [1.54, 1.807) is 24.3 Å². The molecule has 6 heteroatoms. The minimum Gasteiger partial charge on any atom is -0.354 e. The van der Waals surface area contributed by atoms with E-state index in [4.69, 9.17) is 11.6 Å². The lowest BCUT2D eigenvalue weighted by atomic mass is 9.98. The molecule has 1 saturated heterocycles. The molecule has 2 rings (SSSR count). The summed E-state index contributed by atoms with van der Waals surface area (Å²) >= 11 is 5.97. The average Bonchev–Trinajstić information content (AvgIpc) is 2.58. The highest BCUT2D eigenvalue weighted by Gasteiger charge is 2.19. The Bertz CT molecular complexity index is 565. The minimum absolute atomic E-state index is 0.0426. The fourth-order valence-corrected chi connectivity index (χ4v) is 3.24. The third kappa shape index (κ3) is 5.80. The van der Waals surface area contributed by atoms with Gasteiger partial charge in [-0.3, -0.25) is 9.59 Å². The summed E-state index contributed by atoms with van der Waals surface area (Å²) in [5.74, 6) is -0.181. The van der Waals surface area contributed by atoms with Gasteiger partial charge < -0.3 is 15.5 Å². The Kier molecular flexibility index (Phi) is 7.53. The molecule has 0 radical (unpaired) electrons. The van der Waals surface area contributed by atoms with Crippen LogP contribution in [0.25, 0.3) is 0 Å². The fraction of sp³-hybridized carbons (Fsp3) is 0.556. The molecular weight excluding hydrogens is 326 g/mol. The maximum absolute atomic E-state index is 12.0. The van der Waals surface area contributed by atoms with Crippen LogP contribution in [-0.2, 0) is 4.79 Å². The van der Waals surface area contributed by atoms with Gasteiger partial charge >= 0.3 is 0 Å². The smallest absolute Gasteiger partial charge is 0.252 e. The number of nitrogens with zero attached hydrogens (tertiary/aromatic N) is 1. The van der Waals surface area contributed by atoms with E-state index in [9.17, 15) is 9.59 Å². The Hall–Kier alpha value is -1.59. The van der Waals surface area contributed by atoms with Crippen LogP contribution in [0.1, 0.15) is 42.5 Å². The number of likely N-dealkylation sites (tertiary alicyclic amines) is 1. The predicted octanol–water partition coefficient (Wildman–Crippen LogP) is 2.45. The zero-order chi connectivity index (χ0) is 17.4. The Morgan fingerprint density at radius 1 is 1.21 bits per heavy atom. The van der Waals surface area contributed by atoms with Crippen molar-refractivity contribution in [2.45, 2.75) is 38.1 Å². The van der Waals surface area contributed by atoms with E-state index in [2.05, 4.69) is 22.6 Å². The van der Waals surface area contributed by atoms with Crippen LogP contribution in [0.3, 0.4) is 0 Å². The number of rotatable bonds is 7. The van der Waals surface area contributed by atoms with Crippen molar-refractivity contribution in [1.82, 2.24) is 15.5 Å². The first-order valence-electron chi connectivity index (χ1n) is 8.57. The van der Waals surface area contributed by atoms with Crippen molar-refractivity contribution in [3.8, 4) is 0 Å². The number of hydrogen-bond acceptors (Lipinski definition) is 3. The van der Waals surface area contributed by atoms with Crippen LogP contribution < -0.4 is 10.6 Å². The number of halogens is 1. The molecule has 1 heterocycles. The highest BCUT2D eigenvalue weighted by atomic mass is 35.5.